The molecular weight excluding hydrogens is 304 g/mol. The third-order valence-electron chi connectivity index (χ3n) is 2.85. The van der Waals surface area contributed by atoms with E-state index < -0.39 is 12.6 Å². The average molecular weight is 319 g/mol. The van der Waals surface area contributed by atoms with Crippen molar-refractivity contribution >= 4 is 17.4 Å². The molecule has 0 aliphatic heterocycles. The molecule has 0 fully saturated rings. The van der Waals surface area contributed by atoms with Gasteiger partial charge in [-0.2, -0.15) is 13.9 Å². The van der Waals surface area contributed by atoms with E-state index in [2.05, 4.69) is 20.6 Å². The molecule has 0 aromatic heterocycles. The van der Waals surface area contributed by atoms with Crippen LogP contribution in [0.5, 0.6) is 5.75 Å². The summed E-state index contributed by atoms with van der Waals surface area (Å²) in [6, 6.07) is 14.4. The second-order valence-corrected chi connectivity index (χ2v) is 4.53. The van der Waals surface area contributed by atoms with Crippen molar-refractivity contribution < 1.29 is 18.3 Å². The lowest BCUT2D eigenvalue weighted by atomic mass is 10.1. The number of amides is 2. The molecule has 2 amide bonds. The Bertz CT molecular complexity index is 673. The minimum absolute atomic E-state index is 0.0614. The molecule has 0 saturated heterocycles. The first-order valence-corrected chi connectivity index (χ1v) is 6.76. The highest BCUT2D eigenvalue weighted by Crippen LogP contribution is 2.15. The molecule has 5 nitrogen and oxygen atoms in total. The van der Waals surface area contributed by atoms with E-state index in [0.717, 1.165) is 0 Å². The summed E-state index contributed by atoms with van der Waals surface area (Å²) in [4.78, 5) is 11.7. The molecule has 0 saturated carbocycles. The zero-order valence-corrected chi connectivity index (χ0v) is 12.3. The molecule has 0 radical (unpaired) electrons. The maximum absolute atomic E-state index is 12.1. The highest BCUT2D eigenvalue weighted by atomic mass is 19.3. The molecule has 7 heteroatoms. The van der Waals surface area contributed by atoms with Crippen LogP contribution >= 0.6 is 0 Å². The molecule has 23 heavy (non-hydrogen) atoms. The molecule has 0 atom stereocenters. The van der Waals surface area contributed by atoms with E-state index in [4.69, 9.17) is 0 Å². The van der Waals surface area contributed by atoms with E-state index in [1.807, 2.05) is 6.07 Å². The lowest BCUT2D eigenvalue weighted by Crippen LogP contribution is -2.25. The third-order valence-corrected chi connectivity index (χ3v) is 2.85. The normalized spacial score (nSPS) is 11.2. The first kappa shape index (κ1) is 16.4. The van der Waals surface area contributed by atoms with Crippen molar-refractivity contribution in [1.82, 2.24) is 5.43 Å². The van der Waals surface area contributed by atoms with Crippen LogP contribution in [0.2, 0.25) is 0 Å². The van der Waals surface area contributed by atoms with E-state index in [1.165, 1.54) is 12.1 Å². The van der Waals surface area contributed by atoms with E-state index in [0.29, 0.717) is 17.0 Å². The van der Waals surface area contributed by atoms with Gasteiger partial charge in [-0.25, -0.2) is 10.2 Å². The van der Waals surface area contributed by atoms with E-state index in [-0.39, 0.29) is 5.75 Å². The molecule has 0 unspecified atom stereocenters. The number of anilines is 1. The van der Waals surface area contributed by atoms with Crippen LogP contribution in [0, 0.1) is 0 Å². The fourth-order valence-corrected chi connectivity index (χ4v) is 1.76. The second kappa shape index (κ2) is 7.88. The predicted molar refractivity (Wildman–Crippen MR) is 83.9 cm³/mol. The van der Waals surface area contributed by atoms with Crippen LogP contribution in [0.25, 0.3) is 0 Å². The van der Waals surface area contributed by atoms with Crippen LogP contribution < -0.4 is 15.5 Å². The maximum Gasteiger partial charge on any atom is 0.387 e. The van der Waals surface area contributed by atoms with Crippen molar-refractivity contribution in [3.63, 3.8) is 0 Å². The lowest BCUT2D eigenvalue weighted by Gasteiger charge is -2.07. The second-order valence-electron chi connectivity index (χ2n) is 4.53. The Kier molecular flexibility index (Phi) is 5.62. The van der Waals surface area contributed by atoms with Crippen molar-refractivity contribution in [3.8, 4) is 5.75 Å². The van der Waals surface area contributed by atoms with Gasteiger partial charge < -0.3 is 10.1 Å². The van der Waals surface area contributed by atoms with Gasteiger partial charge in [0, 0.05) is 5.69 Å². The molecule has 0 heterocycles. The van der Waals surface area contributed by atoms with Crippen molar-refractivity contribution in [2.45, 2.75) is 13.5 Å². The van der Waals surface area contributed by atoms with Gasteiger partial charge >= 0.3 is 12.6 Å². The SMILES string of the molecule is C/C(=N/NC(=O)Nc1ccccc1)c1ccc(OC(F)F)cc1. The molecule has 0 aliphatic rings. The summed E-state index contributed by atoms with van der Waals surface area (Å²) >= 11 is 0. The number of nitrogens with one attached hydrogen (secondary N) is 2. The topological polar surface area (TPSA) is 62.7 Å². The van der Waals surface area contributed by atoms with Crippen LogP contribution in [0.4, 0.5) is 19.3 Å². The Labute approximate surface area is 132 Å². The molecule has 2 N–H and O–H groups in total. The quantitative estimate of drug-likeness (QED) is 0.650. The highest BCUT2D eigenvalue weighted by molar-refractivity contribution is 6.00. The smallest absolute Gasteiger partial charge is 0.387 e. The molecule has 0 aliphatic carbocycles. The summed E-state index contributed by atoms with van der Waals surface area (Å²) in [6.45, 7) is -1.18. The number of ether oxygens (including phenoxy) is 1. The van der Waals surface area contributed by atoms with Crippen LogP contribution in [-0.4, -0.2) is 18.4 Å². The van der Waals surface area contributed by atoms with Crippen LogP contribution in [0.3, 0.4) is 0 Å². The Balaban J connectivity index is 1.92. The number of benzene rings is 2. The van der Waals surface area contributed by atoms with Crippen molar-refractivity contribution in [2.24, 2.45) is 5.10 Å². The summed E-state index contributed by atoms with van der Waals surface area (Å²) in [5.41, 5.74) is 4.21. The molecule has 2 rings (SSSR count). The van der Waals surface area contributed by atoms with Gasteiger partial charge in [0.25, 0.3) is 0 Å². The largest absolute Gasteiger partial charge is 0.435 e. The zero-order valence-electron chi connectivity index (χ0n) is 12.3. The fourth-order valence-electron chi connectivity index (χ4n) is 1.76. The molecular formula is C16H15F2N3O2. The number of para-hydroxylation sites is 1. The Morgan fingerprint density at radius 2 is 1.74 bits per heavy atom. The number of urea groups is 1. The number of carbonyl (C=O) groups excluding carboxylic acids is 1. The van der Waals surface area contributed by atoms with Crippen LogP contribution in [0.15, 0.2) is 59.7 Å². The van der Waals surface area contributed by atoms with Gasteiger partial charge in [0.1, 0.15) is 5.75 Å². The van der Waals surface area contributed by atoms with Gasteiger partial charge in [0.15, 0.2) is 0 Å². The van der Waals surface area contributed by atoms with Gasteiger partial charge in [0.05, 0.1) is 5.71 Å². The van der Waals surface area contributed by atoms with E-state index in [1.54, 1.807) is 43.3 Å². The van der Waals surface area contributed by atoms with Crippen molar-refractivity contribution in [3.05, 3.63) is 60.2 Å². The maximum atomic E-state index is 12.1. The Hall–Kier alpha value is -2.96. The van der Waals surface area contributed by atoms with Crippen molar-refractivity contribution in [2.75, 3.05) is 5.32 Å². The van der Waals surface area contributed by atoms with E-state index in [9.17, 15) is 13.6 Å². The lowest BCUT2D eigenvalue weighted by molar-refractivity contribution is -0.0498. The number of halogens is 2. The minimum atomic E-state index is -2.86. The zero-order chi connectivity index (χ0) is 16.7. The summed E-state index contributed by atoms with van der Waals surface area (Å²) in [7, 11) is 0. The average Bonchev–Trinajstić information content (AvgIpc) is 2.54. The van der Waals surface area contributed by atoms with Crippen LogP contribution in [0.1, 0.15) is 12.5 Å². The minimum Gasteiger partial charge on any atom is -0.435 e. The highest BCUT2D eigenvalue weighted by Gasteiger charge is 2.05. The summed E-state index contributed by atoms with van der Waals surface area (Å²) in [6.07, 6.45) is 0. The predicted octanol–water partition coefficient (Wildman–Crippen LogP) is 3.83. The van der Waals surface area contributed by atoms with Crippen LogP contribution in [-0.2, 0) is 0 Å². The number of nitrogens with zero attached hydrogens (tertiary/aromatic N) is 1. The number of rotatable bonds is 5. The molecule has 120 valence electrons. The van der Waals surface area contributed by atoms with Gasteiger partial charge in [-0.05, 0) is 48.9 Å². The summed E-state index contributed by atoms with van der Waals surface area (Å²) < 4.78 is 28.4. The molecule has 0 bridgehead atoms. The number of alkyl halides is 2. The Morgan fingerprint density at radius 1 is 1.09 bits per heavy atom. The summed E-state index contributed by atoms with van der Waals surface area (Å²) in [5.74, 6) is 0.0614. The number of hydrazone groups is 1. The van der Waals surface area contributed by atoms with E-state index >= 15 is 0 Å². The van der Waals surface area contributed by atoms with Gasteiger partial charge in [-0.15, -0.1) is 0 Å². The third kappa shape index (κ3) is 5.39. The molecule has 2 aromatic carbocycles. The fraction of sp³-hybridized carbons (Fsp3) is 0.125. The van der Waals surface area contributed by atoms with Gasteiger partial charge in [-0.3, -0.25) is 0 Å². The number of carbonyl (C=O) groups is 1. The number of hydrogen-bond acceptors (Lipinski definition) is 3. The summed E-state index contributed by atoms with van der Waals surface area (Å²) in [5, 5.41) is 6.57. The van der Waals surface area contributed by atoms with Crippen molar-refractivity contribution in [1.29, 1.82) is 0 Å². The Morgan fingerprint density at radius 3 is 2.35 bits per heavy atom. The monoisotopic (exact) mass is 319 g/mol. The standard InChI is InChI=1S/C16H15F2N3O2/c1-11(12-7-9-14(10-8-12)23-15(17)18)20-21-16(22)19-13-5-3-2-4-6-13/h2-10,15H,1H3,(H2,19,21,22)/b20-11-. The first-order chi connectivity index (χ1) is 11.0. The van der Waals surface area contributed by atoms with Gasteiger partial charge in [0.2, 0.25) is 0 Å². The molecule has 2 aromatic rings. The molecule has 0 spiro atoms. The van der Waals surface area contributed by atoms with Gasteiger partial charge in [-0.1, -0.05) is 18.2 Å². The number of hydrogen-bond donors (Lipinski definition) is 2. The first-order valence-electron chi connectivity index (χ1n) is 6.76.